The van der Waals surface area contributed by atoms with E-state index in [0.717, 1.165) is 45.3 Å². The summed E-state index contributed by atoms with van der Waals surface area (Å²) in [5.74, 6) is -0.212. The fourth-order valence-corrected chi connectivity index (χ4v) is 3.59. The number of hydrogen-bond acceptors (Lipinski definition) is 2. The smallest absolute Gasteiger partial charge is 0.306 e. The van der Waals surface area contributed by atoms with Crippen LogP contribution in [-0.4, -0.2) is 29.1 Å². The first kappa shape index (κ1) is 19.0. The number of rotatable bonds is 6. The average Bonchev–Trinajstić information content (AvgIpc) is 2.53. The summed E-state index contributed by atoms with van der Waals surface area (Å²) in [6, 6.07) is 9.01. The summed E-state index contributed by atoms with van der Waals surface area (Å²) in [7, 11) is 0. The lowest BCUT2D eigenvalue weighted by molar-refractivity contribution is -0.142. The molecule has 0 spiro atoms. The highest BCUT2D eigenvalue weighted by atomic mass is 16.4. The lowest BCUT2D eigenvalue weighted by Crippen LogP contribution is -2.34. The van der Waals surface area contributed by atoms with Gasteiger partial charge >= 0.3 is 5.97 Å². The summed E-state index contributed by atoms with van der Waals surface area (Å²) < 4.78 is 0. The van der Waals surface area contributed by atoms with Gasteiger partial charge in [0.2, 0.25) is 0 Å². The van der Waals surface area contributed by atoms with Gasteiger partial charge in [0.15, 0.2) is 0 Å². The summed E-state index contributed by atoms with van der Waals surface area (Å²) in [4.78, 5) is 13.7. The summed E-state index contributed by atoms with van der Waals surface area (Å²) >= 11 is 0. The van der Waals surface area contributed by atoms with E-state index in [1.807, 2.05) is 6.92 Å². The lowest BCUT2D eigenvalue weighted by atomic mass is 9.85. The van der Waals surface area contributed by atoms with Crippen LogP contribution in [0.4, 0.5) is 0 Å². The van der Waals surface area contributed by atoms with Crippen LogP contribution in [0.25, 0.3) is 0 Å². The van der Waals surface area contributed by atoms with Gasteiger partial charge < -0.3 is 5.11 Å². The molecule has 0 bridgehead atoms. The van der Waals surface area contributed by atoms with Crippen LogP contribution in [0.1, 0.15) is 64.5 Å². The van der Waals surface area contributed by atoms with E-state index < -0.39 is 5.97 Å². The van der Waals surface area contributed by atoms with Crippen molar-refractivity contribution in [2.75, 3.05) is 13.1 Å². The van der Waals surface area contributed by atoms with Gasteiger partial charge in [0.05, 0.1) is 5.92 Å². The summed E-state index contributed by atoms with van der Waals surface area (Å²) in [6.45, 7) is 11.9. The Morgan fingerprint density at radius 1 is 1.21 bits per heavy atom. The van der Waals surface area contributed by atoms with E-state index >= 15 is 0 Å². The minimum absolute atomic E-state index is 0.161. The molecule has 1 saturated heterocycles. The van der Waals surface area contributed by atoms with Crippen molar-refractivity contribution in [1.29, 1.82) is 0 Å². The third-order valence-corrected chi connectivity index (χ3v) is 5.39. The molecule has 134 valence electrons. The number of aliphatic carboxylic acids is 1. The zero-order chi connectivity index (χ0) is 17.7. The number of nitrogens with zero attached hydrogens (tertiary/aromatic N) is 1. The van der Waals surface area contributed by atoms with Gasteiger partial charge in [-0.2, -0.15) is 0 Å². The standard InChI is InChI=1S/C21H33NO2/c1-5-18(20(23)24)14-16-10-12-22(13-11-16)15-17-6-8-19(9-7-17)21(2,3)4/h6-9,16,18H,5,10-15H2,1-4H3,(H,23,24). The molecular weight excluding hydrogens is 298 g/mol. The molecule has 1 aromatic rings. The molecule has 1 fully saturated rings. The van der Waals surface area contributed by atoms with Crippen LogP contribution in [0.3, 0.4) is 0 Å². The Balaban J connectivity index is 1.81. The first-order valence-corrected chi connectivity index (χ1v) is 9.34. The third kappa shape index (κ3) is 5.34. The largest absolute Gasteiger partial charge is 0.481 e. The molecule has 1 aliphatic rings. The molecule has 0 amide bonds. The van der Waals surface area contributed by atoms with E-state index in [2.05, 4.69) is 49.9 Å². The maximum Gasteiger partial charge on any atom is 0.306 e. The molecule has 0 aromatic heterocycles. The number of carbonyl (C=O) groups is 1. The van der Waals surface area contributed by atoms with E-state index in [9.17, 15) is 9.90 Å². The van der Waals surface area contributed by atoms with Crippen molar-refractivity contribution < 1.29 is 9.90 Å². The average molecular weight is 332 g/mol. The number of benzene rings is 1. The highest BCUT2D eigenvalue weighted by Crippen LogP contribution is 2.27. The molecule has 3 heteroatoms. The normalized spacial score (nSPS) is 18.5. The molecule has 1 heterocycles. The first-order chi connectivity index (χ1) is 11.3. The molecule has 1 aliphatic heterocycles. The van der Waals surface area contributed by atoms with Gasteiger partial charge in [-0.3, -0.25) is 9.69 Å². The zero-order valence-corrected chi connectivity index (χ0v) is 15.7. The lowest BCUT2D eigenvalue weighted by Gasteiger charge is -2.33. The van der Waals surface area contributed by atoms with Crippen molar-refractivity contribution in [2.45, 2.75) is 65.3 Å². The molecule has 2 rings (SSSR count). The van der Waals surface area contributed by atoms with Crippen LogP contribution < -0.4 is 0 Å². The van der Waals surface area contributed by atoms with Gasteiger partial charge in [-0.1, -0.05) is 52.0 Å². The topological polar surface area (TPSA) is 40.5 Å². The van der Waals surface area contributed by atoms with Crippen LogP contribution in [-0.2, 0) is 16.8 Å². The zero-order valence-electron chi connectivity index (χ0n) is 15.7. The number of carboxylic acids is 1. The van der Waals surface area contributed by atoms with Gasteiger partial charge in [-0.25, -0.2) is 0 Å². The third-order valence-electron chi connectivity index (χ3n) is 5.39. The van der Waals surface area contributed by atoms with Crippen molar-refractivity contribution in [3.05, 3.63) is 35.4 Å². The fourth-order valence-electron chi connectivity index (χ4n) is 3.59. The Morgan fingerprint density at radius 3 is 2.25 bits per heavy atom. The maximum absolute atomic E-state index is 11.2. The molecule has 0 radical (unpaired) electrons. The number of piperidine rings is 1. The van der Waals surface area contributed by atoms with Gasteiger partial charge in [0.1, 0.15) is 0 Å². The highest BCUT2D eigenvalue weighted by molar-refractivity contribution is 5.69. The second-order valence-electron chi connectivity index (χ2n) is 8.35. The van der Waals surface area contributed by atoms with Gasteiger partial charge in [-0.05, 0) is 61.2 Å². The summed E-state index contributed by atoms with van der Waals surface area (Å²) in [5, 5.41) is 9.22. The Morgan fingerprint density at radius 2 is 1.79 bits per heavy atom. The molecule has 1 N–H and O–H groups in total. The SMILES string of the molecule is CCC(CC1CCN(Cc2ccc(C(C)(C)C)cc2)CC1)C(=O)O. The Labute approximate surface area is 147 Å². The Kier molecular flexibility index (Phi) is 6.45. The number of hydrogen-bond donors (Lipinski definition) is 1. The molecule has 3 nitrogen and oxygen atoms in total. The van der Waals surface area contributed by atoms with Crippen molar-refractivity contribution in [2.24, 2.45) is 11.8 Å². The molecule has 1 atom stereocenters. The van der Waals surface area contributed by atoms with Crippen LogP contribution in [0, 0.1) is 11.8 Å². The Hall–Kier alpha value is -1.35. The Bertz CT molecular complexity index is 522. The minimum Gasteiger partial charge on any atom is -0.481 e. The second-order valence-corrected chi connectivity index (χ2v) is 8.35. The van der Waals surface area contributed by atoms with E-state index in [0.29, 0.717) is 5.92 Å². The van der Waals surface area contributed by atoms with Gasteiger partial charge in [0.25, 0.3) is 0 Å². The van der Waals surface area contributed by atoms with E-state index in [1.165, 1.54) is 11.1 Å². The molecule has 1 aromatic carbocycles. The second kappa shape index (κ2) is 8.15. The van der Waals surface area contributed by atoms with Crippen molar-refractivity contribution in [3.8, 4) is 0 Å². The van der Waals surface area contributed by atoms with Crippen molar-refractivity contribution in [3.63, 3.8) is 0 Å². The van der Waals surface area contributed by atoms with Crippen LogP contribution in [0.2, 0.25) is 0 Å². The van der Waals surface area contributed by atoms with Crippen LogP contribution in [0.15, 0.2) is 24.3 Å². The molecule has 1 unspecified atom stereocenters. The maximum atomic E-state index is 11.2. The predicted octanol–water partition coefficient (Wildman–Crippen LogP) is 4.70. The minimum atomic E-state index is -0.626. The van der Waals surface area contributed by atoms with Gasteiger partial charge in [0, 0.05) is 6.54 Å². The highest BCUT2D eigenvalue weighted by Gasteiger charge is 2.25. The summed E-state index contributed by atoms with van der Waals surface area (Å²) in [6.07, 6.45) is 3.85. The quantitative estimate of drug-likeness (QED) is 0.821. The molecular formula is C21H33NO2. The van der Waals surface area contributed by atoms with Gasteiger partial charge in [-0.15, -0.1) is 0 Å². The number of carboxylic acid groups (broad SMARTS) is 1. The van der Waals surface area contributed by atoms with E-state index in [4.69, 9.17) is 0 Å². The fraction of sp³-hybridized carbons (Fsp3) is 0.667. The van der Waals surface area contributed by atoms with Crippen molar-refractivity contribution >= 4 is 5.97 Å². The molecule has 0 aliphatic carbocycles. The van der Waals surface area contributed by atoms with E-state index in [-0.39, 0.29) is 11.3 Å². The monoisotopic (exact) mass is 331 g/mol. The predicted molar refractivity (Wildman–Crippen MR) is 99.2 cm³/mol. The first-order valence-electron chi connectivity index (χ1n) is 9.34. The van der Waals surface area contributed by atoms with Crippen molar-refractivity contribution in [1.82, 2.24) is 4.90 Å². The van der Waals surface area contributed by atoms with Crippen LogP contribution in [0.5, 0.6) is 0 Å². The van der Waals surface area contributed by atoms with E-state index in [1.54, 1.807) is 0 Å². The molecule has 24 heavy (non-hydrogen) atoms. The summed E-state index contributed by atoms with van der Waals surface area (Å²) in [5.41, 5.74) is 2.96. The number of likely N-dealkylation sites (tertiary alicyclic amines) is 1. The molecule has 0 saturated carbocycles. The van der Waals surface area contributed by atoms with Crippen LogP contribution >= 0.6 is 0 Å².